The Labute approximate surface area is 246 Å². The lowest BCUT2D eigenvalue weighted by Crippen LogP contribution is -2.33. The van der Waals surface area contributed by atoms with Gasteiger partial charge >= 0.3 is 17.9 Å². The van der Waals surface area contributed by atoms with Gasteiger partial charge in [-0.2, -0.15) is 0 Å². The summed E-state index contributed by atoms with van der Waals surface area (Å²) in [7, 11) is 0. The van der Waals surface area contributed by atoms with E-state index >= 15 is 0 Å². The first-order valence-electron chi connectivity index (χ1n) is 14.1. The summed E-state index contributed by atoms with van der Waals surface area (Å²) in [5.41, 5.74) is 4.50. The Morgan fingerprint density at radius 2 is 1.38 bits per heavy atom. The highest BCUT2D eigenvalue weighted by atomic mass is 16.6. The molecular weight excluding hydrogens is 534 g/mol. The Morgan fingerprint density at radius 3 is 2.00 bits per heavy atom. The molecule has 4 rings (SSSR count). The van der Waals surface area contributed by atoms with Crippen molar-refractivity contribution in [3.05, 3.63) is 95.6 Å². The van der Waals surface area contributed by atoms with Crippen molar-refractivity contribution in [1.82, 2.24) is 5.32 Å². The lowest BCUT2D eigenvalue weighted by Gasteiger charge is -2.24. The number of hydrogen-bond acceptors (Lipinski definition) is 7. The van der Waals surface area contributed by atoms with Gasteiger partial charge in [0.1, 0.15) is 25.4 Å². The molecule has 0 heterocycles. The molecule has 0 spiro atoms. The van der Waals surface area contributed by atoms with Crippen LogP contribution in [0.5, 0.6) is 0 Å². The minimum absolute atomic E-state index is 0.0595. The summed E-state index contributed by atoms with van der Waals surface area (Å²) in [6.07, 6.45) is -0.242. The number of esters is 3. The van der Waals surface area contributed by atoms with Crippen molar-refractivity contribution in [2.75, 3.05) is 13.2 Å². The topological polar surface area (TPSA) is 108 Å². The van der Waals surface area contributed by atoms with E-state index in [2.05, 4.69) is 17.4 Å². The van der Waals surface area contributed by atoms with Gasteiger partial charge in [-0.25, -0.2) is 0 Å². The number of hydrogen-bond donors (Lipinski definition) is 1. The Balaban J connectivity index is 1.30. The quantitative estimate of drug-likeness (QED) is 0.231. The van der Waals surface area contributed by atoms with Crippen molar-refractivity contribution in [1.29, 1.82) is 0 Å². The van der Waals surface area contributed by atoms with Crippen molar-refractivity contribution in [2.24, 2.45) is 5.92 Å². The molecule has 1 N–H and O–H groups in total. The van der Waals surface area contributed by atoms with Crippen LogP contribution in [0.25, 0.3) is 11.1 Å². The minimum Gasteiger partial charge on any atom is -0.465 e. The van der Waals surface area contributed by atoms with Crippen LogP contribution in [0.4, 0.5) is 0 Å². The van der Waals surface area contributed by atoms with Crippen molar-refractivity contribution >= 4 is 23.8 Å². The van der Waals surface area contributed by atoms with Crippen LogP contribution >= 0.6 is 0 Å². The number of fused-ring (bicyclic) bond motifs is 3. The van der Waals surface area contributed by atoms with Gasteiger partial charge in [-0.15, -0.1) is 0 Å². The molecule has 3 aromatic carbocycles. The molecule has 1 aliphatic carbocycles. The summed E-state index contributed by atoms with van der Waals surface area (Å²) in [5.74, 6) is -3.12. The largest absolute Gasteiger partial charge is 0.465 e. The van der Waals surface area contributed by atoms with Crippen LogP contribution in [0, 0.1) is 5.92 Å². The molecule has 220 valence electrons. The fourth-order valence-corrected chi connectivity index (χ4v) is 4.92. The van der Waals surface area contributed by atoms with E-state index in [1.165, 1.54) is 0 Å². The maximum atomic E-state index is 13.0. The van der Waals surface area contributed by atoms with Crippen LogP contribution in [-0.4, -0.2) is 42.6 Å². The molecule has 1 aliphatic rings. The number of benzene rings is 3. The van der Waals surface area contributed by atoms with Crippen LogP contribution in [0.15, 0.2) is 78.9 Å². The second kappa shape index (κ2) is 13.9. The van der Waals surface area contributed by atoms with Crippen LogP contribution in [0.2, 0.25) is 0 Å². The van der Waals surface area contributed by atoms with Crippen LogP contribution in [-0.2, 0) is 40.0 Å². The smallest absolute Gasteiger partial charge is 0.325 e. The van der Waals surface area contributed by atoms with E-state index in [1.807, 2.05) is 66.7 Å². The van der Waals surface area contributed by atoms with Crippen molar-refractivity contribution in [2.45, 2.75) is 58.2 Å². The predicted octanol–water partition coefficient (Wildman–Crippen LogP) is 5.33. The summed E-state index contributed by atoms with van der Waals surface area (Å²) < 4.78 is 16.4. The molecule has 1 atom stereocenters. The zero-order chi connectivity index (χ0) is 30.1. The van der Waals surface area contributed by atoms with E-state index in [4.69, 9.17) is 14.2 Å². The standard InChI is InChI=1S/C34H37NO7/c1-34(2,3)42-33(39)24(17-18-30(36)35-20-32(38)40-21-23-11-5-4-6-12-23)19-31(37)41-22-29-27-15-9-7-13-25(27)26-14-8-10-16-28(26)29/h4-16,24,29H,17-22H2,1-3H3,(H,35,36). The third kappa shape index (κ3) is 8.52. The maximum absolute atomic E-state index is 13.0. The van der Waals surface area contributed by atoms with E-state index < -0.39 is 35.3 Å². The third-order valence-electron chi connectivity index (χ3n) is 6.92. The molecule has 42 heavy (non-hydrogen) atoms. The van der Waals surface area contributed by atoms with Crippen molar-refractivity contribution in [3.8, 4) is 11.1 Å². The molecular formula is C34H37NO7. The molecule has 0 radical (unpaired) electrons. The Morgan fingerprint density at radius 1 is 0.786 bits per heavy atom. The van der Waals surface area contributed by atoms with Crippen molar-refractivity contribution in [3.63, 3.8) is 0 Å². The van der Waals surface area contributed by atoms with Gasteiger partial charge in [0.2, 0.25) is 5.91 Å². The van der Waals surface area contributed by atoms with Crippen LogP contribution in [0.1, 0.15) is 62.6 Å². The van der Waals surface area contributed by atoms with Crippen LogP contribution < -0.4 is 5.32 Å². The molecule has 0 saturated carbocycles. The Kier molecular flexibility index (Phi) is 10.1. The molecule has 0 fully saturated rings. The number of nitrogens with one attached hydrogen (secondary N) is 1. The first-order valence-corrected chi connectivity index (χ1v) is 14.1. The molecule has 0 aliphatic heterocycles. The number of rotatable bonds is 12. The lowest BCUT2D eigenvalue weighted by molar-refractivity contribution is -0.164. The average Bonchev–Trinajstić information content (AvgIpc) is 3.29. The van der Waals surface area contributed by atoms with E-state index in [1.54, 1.807) is 20.8 Å². The van der Waals surface area contributed by atoms with E-state index in [0.29, 0.717) is 0 Å². The SMILES string of the molecule is CC(C)(C)OC(=O)C(CCC(=O)NCC(=O)OCc1ccccc1)CC(=O)OCC1c2ccccc2-c2ccccc21. The fraction of sp³-hybridized carbons (Fsp3) is 0.353. The second-order valence-electron chi connectivity index (χ2n) is 11.3. The first-order chi connectivity index (χ1) is 20.1. The molecule has 0 bridgehead atoms. The number of ether oxygens (including phenoxy) is 3. The number of carbonyl (C=O) groups excluding carboxylic acids is 4. The molecule has 1 amide bonds. The average molecular weight is 572 g/mol. The third-order valence-corrected chi connectivity index (χ3v) is 6.92. The molecule has 8 heteroatoms. The van der Waals surface area contributed by atoms with Gasteiger partial charge in [0, 0.05) is 12.3 Å². The predicted molar refractivity (Wildman–Crippen MR) is 157 cm³/mol. The van der Waals surface area contributed by atoms with Gasteiger partial charge in [-0.1, -0.05) is 78.9 Å². The lowest BCUT2D eigenvalue weighted by atomic mass is 9.97. The molecule has 8 nitrogen and oxygen atoms in total. The summed E-state index contributed by atoms with van der Waals surface area (Å²) >= 11 is 0. The second-order valence-corrected chi connectivity index (χ2v) is 11.3. The highest BCUT2D eigenvalue weighted by Gasteiger charge is 2.31. The van der Waals surface area contributed by atoms with Gasteiger partial charge in [-0.05, 0) is 55.0 Å². The summed E-state index contributed by atoms with van der Waals surface area (Å²) in [6.45, 7) is 5.17. The van der Waals surface area contributed by atoms with Gasteiger partial charge in [0.05, 0.1) is 12.3 Å². The van der Waals surface area contributed by atoms with Gasteiger partial charge in [-0.3, -0.25) is 19.2 Å². The highest BCUT2D eigenvalue weighted by Crippen LogP contribution is 2.44. The molecule has 3 aromatic rings. The minimum atomic E-state index is -0.879. The van der Waals surface area contributed by atoms with Gasteiger partial charge in [0.15, 0.2) is 0 Å². The van der Waals surface area contributed by atoms with E-state index in [0.717, 1.165) is 27.8 Å². The molecule has 0 aromatic heterocycles. The normalized spacial score (nSPS) is 12.9. The zero-order valence-corrected chi connectivity index (χ0v) is 24.3. The van der Waals surface area contributed by atoms with E-state index in [9.17, 15) is 19.2 Å². The van der Waals surface area contributed by atoms with E-state index in [-0.39, 0.29) is 44.9 Å². The van der Waals surface area contributed by atoms with Crippen molar-refractivity contribution < 1.29 is 33.4 Å². The number of carbonyl (C=O) groups is 4. The van der Waals surface area contributed by atoms with Gasteiger partial charge < -0.3 is 19.5 Å². The fourth-order valence-electron chi connectivity index (χ4n) is 4.92. The Hall–Kier alpha value is -4.46. The highest BCUT2D eigenvalue weighted by molar-refractivity contribution is 5.84. The Bertz CT molecular complexity index is 1370. The zero-order valence-electron chi connectivity index (χ0n) is 24.3. The summed E-state index contributed by atoms with van der Waals surface area (Å²) in [5, 5.41) is 2.51. The summed E-state index contributed by atoms with van der Waals surface area (Å²) in [6, 6.07) is 25.3. The number of amides is 1. The molecule has 1 unspecified atom stereocenters. The monoisotopic (exact) mass is 571 g/mol. The summed E-state index contributed by atoms with van der Waals surface area (Å²) in [4.78, 5) is 50.4. The first kappa shape index (κ1) is 30.5. The van der Waals surface area contributed by atoms with Gasteiger partial charge in [0.25, 0.3) is 0 Å². The molecule has 0 saturated heterocycles. The maximum Gasteiger partial charge on any atom is 0.325 e. The van der Waals surface area contributed by atoms with Crippen LogP contribution in [0.3, 0.4) is 0 Å².